The summed E-state index contributed by atoms with van der Waals surface area (Å²) in [6.07, 6.45) is 1.01. The largest absolute Gasteiger partial charge is 0.450 e. The second-order valence-corrected chi connectivity index (χ2v) is 8.36. The van der Waals surface area contributed by atoms with Crippen molar-refractivity contribution in [2.24, 2.45) is 0 Å². The van der Waals surface area contributed by atoms with Gasteiger partial charge in [0.25, 0.3) is 11.1 Å². The molecule has 10 heteroatoms. The van der Waals surface area contributed by atoms with Crippen molar-refractivity contribution in [2.75, 3.05) is 11.9 Å². The fourth-order valence-corrected chi connectivity index (χ4v) is 3.83. The maximum Gasteiger partial charge on any atom is 0.411 e. The van der Waals surface area contributed by atoms with Gasteiger partial charge in [-0.3, -0.25) is 19.7 Å². The smallest absolute Gasteiger partial charge is 0.411 e. The van der Waals surface area contributed by atoms with Crippen LogP contribution in [0.25, 0.3) is 11.3 Å². The summed E-state index contributed by atoms with van der Waals surface area (Å²) in [5.41, 5.74) is 2.91. The summed E-state index contributed by atoms with van der Waals surface area (Å²) in [6, 6.07) is 22.3. The highest BCUT2D eigenvalue weighted by atomic mass is 16.5. The number of nitrogens with one attached hydrogen (secondary N) is 2. The monoisotopic (exact) mass is 513 g/mol. The van der Waals surface area contributed by atoms with E-state index in [1.54, 1.807) is 49.5 Å². The number of hydrogen-bond acceptors (Lipinski definition) is 6. The van der Waals surface area contributed by atoms with Gasteiger partial charge in [-0.15, -0.1) is 0 Å². The first-order valence-corrected chi connectivity index (χ1v) is 12.0. The molecule has 0 atom stereocenters. The lowest BCUT2D eigenvalue weighted by Crippen LogP contribution is -2.31. The Bertz CT molecular complexity index is 1560. The quantitative estimate of drug-likeness (QED) is 0.355. The lowest BCUT2D eigenvalue weighted by Gasteiger charge is -2.13. The zero-order valence-electron chi connectivity index (χ0n) is 20.8. The molecule has 0 aliphatic carbocycles. The van der Waals surface area contributed by atoms with Gasteiger partial charge in [-0.05, 0) is 42.3 Å². The van der Waals surface area contributed by atoms with E-state index < -0.39 is 6.09 Å². The topological polar surface area (TPSA) is 124 Å². The molecule has 0 saturated carbocycles. The summed E-state index contributed by atoms with van der Waals surface area (Å²) in [7, 11) is 0. The number of ether oxygens (including phenoxy) is 1. The Morgan fingerprint density at radius 1 is 0.921 bits per heavy atom. The van der Waals surface area contributed by atoms with Crippen LogP contribution in [0.1, 0.15) is 18.1 Å². The third-order valence-electron chi connectivity index (χ3n) is 5.63. The van der Waals surface area contributed by atoms with Gasteiger partial charge in [0.05, 0.1) is 18.8 Å². The molecule has 2 aromatic heterocycles. The molecule has 0 spiro atoms. The van der Waals surface area contributed by atoms with Crippen molar-refractivity contribution < 1.29 is 14.3 Å². The lowest BCUT2D eigenvalue weighted by molar-refractivity contribution is -0.121. The van der Waals surface area contributed by atoms with Gasteiger partial charge < -0.3 is 14.6 Å². The standard InChI is InChI=1S/C28H27N5O5/c1-2-38-28(37)30-22-10-7-8-20(16-22)18-33-27(36)14-13-24(31-33)23-11-4-3-9-21(23)17-29-25(34)19-32-15-6-5-12-26(32)35/h3-16H,2,17-19H2,1H3,(H,29,34)(H,30,37). The third kappa shape index (κ3) is 6.82. The zero-order valence-corrected chi connectivity index (χ0v) is 20.8. The van der Waals surface area contributed by atoms with Crippen LogP contribution in [0, 0.1) is 0 Å². The number of hydrogen-bond donors (Lipinski definition) is 2. The molecule has 0 bridgehead atoms. The summed E-state index contributed by atoms with van der Waals surface area (Å²) in [6.45, 7) is 2.31. The van der Waals surface area contributed by atoms with Gasteiger partial charge in [-0.1, -0.05) is 42.5 Å². The van der Waals surface area contributed by atoms with Crippen molar-refractivity contribution in [3.8, 4) is 11.3 Å². The molecule has 0 fully saturated rings. The molecule has 2 N–H and O–H groups in total. The van der Waals surface area contributed by atoms with Gasteiger partial charge >= 0.3 is 6.09 Å². The Labute approximate surface area is 218 Å². The maximum absolute atomic E-state index is 12.6. The molecule has 2 amide bonds. The SMILES string of the molecule is CCOC(=O)Nc1cccc(Cn2nc(-c3ccccc3CNC(=O)Cn3ccccc3=O)ccc2=O)c1. The van der Waals surface area contributed by atoms with Crippen LogP contribution in [0.4, 0.5) is 10.5 Å². The van der Waals surface area contributed by atoms with Crippen molar-refractivity contribution in [2.45, 2.75) is 26.6 Å². The van der Waals surface area contributed by atoms with Crippen molar-refractivity contribution in [3.63, 3.8) is 0 Å². The normalized spacial score (nSPS) is 10.6. The summed E-state index contributed by atoms with van der Waals surface area (Å²) in [5.74, 6) is -0.303. The number of aromatic nitrogens is 3. The average Bonchev–Trinajstić information content (AvgIpc) is 2.91. The highest BCUT2D eigenvalue weighted by Gasteiger charge is 2.11. The Hall–Kier alpha value is -4.99. The number of carbonyl (C=O) groups is 2. The number of carbonyl (C=O) groups excluding carboxylic acids is 2. The van der Waals surface area contributed by atoms with Crippen molar-refractivity contribution >= 4 is 17.7 Å². The number of anilines is 1. The van der Waals surface area contributed by atoms with Crippen LogP contribution in [0.15, 0.2) is 94.6 Å². The predicted octanol–water partition coefficient (Wildman–Crippen LogP) is 3.01. The highest BCUT2D eigenvalue weighted by molar-refractivity contribution is 5.84. The van der Waals surface area contributed by atoms with Gasteiger partial charge in [0, 0.05) is 36.1 Å². The van der Waals surface area contributed by atoms with Crippen LogP contribution in [-0.4, -0.2) is 33.0 Å². The molecule has 2 aromatic carbocycles. The minimum atomic E-state index is -0.554. The van der Waals surface area contributed by atoms with E-state index in [1.807, 2.05) is 30.3 Å². The van der Waals surface area contributed by atoms with Crippen LogP contribution in [0.3, 0.4) is 0 Å². The molecule has 194 valence electrons. The fourth-order valence-electron chi connectivity index (χ4n) is 3.83. The van der Waals surface area contributed by atoms with E-state index in [1.165, 1.54) is 21.4 Å². The fraction of sp³-hybridized carbons (Fsp3) is 0.179. The highest BCUT2D eigenvalue weighted by Crippen LogP contribution is 2.21. The van der Waals surface area contributed by atoms with Crippen LogP contribution >= 0.6 is 0 Å². The minimum Gasteiger partial charge on any atom is -0.450 e. The van der Waals surface area contributed by atoms with E-state index in [4.69, 9.17) is 4.74 Å². The van der Waals surface area contributed by atoms with Crippen LogP contribution < -0.4 is 21.8 Å². The molecule has 38 heavy (non-hydrogen) atoms. The molecule has 10 nitrogen and oxygen atoms in total. The first-order valence-electron chi connectivity index (χ1n) is 12.0. The van der Waals surface area contributed by atoms with Gasteiger partial charge in [0.2, 0.25) is 5.91 Å². The Balaban J connectivity index is 1.50. The van der Waals surface area contributed by atoms with E-state index in [0.29, 0.717) is 11.4 Å². The van der Waals surface area contributed by atoms with Crippen molar-refractivity contribution in [1.29, 1.82) is 0 Å². The number of rotatable bonds is 9. The first-order chi connectivity index (χ1) is 18.4. The minimum absolute atomic E-state index is 0.0882. The van der Waals surface area contributed by atoms with Gasteiger partial charge in [-0.2, -0.15) is 5.10 Å². The number of nitrogens with zero attached hydrogens (tertiary/aromatic N) is 3. The van der Waals surface area contributed by atoms with Crippen LogP contribution in [0.2, 0.25) is 0 Å². The molecule has 0 aliphatic heterocycles. The molecule has 4 rings (SSSR count). The molecular formula is C28H27N5O5. The summed E-state index contributed by atoms with van der Waals surface area (Å²) >= 11 is 0. The number of pyridine rings is 1. The molecule has 0 radical (unpaired) electrons. The Kier molecular flexibility index (Phi) is 8.45. The van der Waals surface area contributed by atoms with Crippen LogP contribution in [-0.2, 0) is 29.2 Å². The average molecular weight is 514 g/mol. The third-order valence-corrected chi connectivity index (χ3v) is 5.63. The molecule has 0 aliphatic rings. The first kappa shape index (κ1) is 26.1. The lowest BCUT2D eigenvalue weighted by atomic mass is 10.0. The second kappa shape index (κ2) is 12.3. The van der Waals surface area contributed by atoms with Crippen molar-refractivity contribution in [3.05, 3.63) is 117 Å². The molecule has 4 aromatic rings. The van der Waals surface area contributed by atoms with Crippen molar-refractivity contribution in [1.82, 2.24) is 19.7 Å². The van der Waals surface area contributed by atoms with Gasteiger partial charge in [0.1, 0.15) is 6.54 Å². The summed E-state index contributed by atoms with van der Waals surface area (Å²) < 4.78 is 7.58. The van der Waals surface area contributed by atoms with Crippen LogP contribution in [0.5, 0.6) is 0 Å². The van der Waals surface area contributed by atoms with E-state index in [9.17, 15) is 19.2 Å². The number of amides is 2. The molecular weight excluding hydrogens is 486 g/mol. The van der Waals surface area contributed by atoms with Gasteiger partial charge in [-0.25, -0.2) is 9.48 Å². The van der Waals surface area contributed by atoms with E-state index in [0.717, 1.165) is 16.7 Å². The predicted molar refractivity (Wildman–Crippen MR) is 143 cm³/mol. The van der Waals surface area contributed by atoms with E-state index in [2.05, 4.69) is 15.7 Å². The van der Waals surface area contributed by atoms with Gasteiger partial charge in [0.15, 0.2) is 0 Å². The van der Waals surface area contributed by atoms with E-state index in [-0.39, 0.29) is 43.3 Å². The Morgan fingerprint density at radius 3 is 2.55 bits per heavy atom. The summed E-state index contributed by atoms with van der Waals surface area (Å²) in [5, 5.41) is 10.0. The Morgan fingerprint density at radius 2 is 1.74 bits per heavy atom. The number of benzene rings is 2. The summed E-state index contributed by atoms with van der Waals surface area (Å²) in [4.78, 5) is 48.6. The second-order valence-electron chi connectivity index (χ2n) is 8.36. The molecule has 0 saturated heterocycles. The zero-order chi connectivity index (χ0) is 26.9. The van der Waals surface area contributed by atoms with E-state index >= 15 is 0 Å². The molecule has 2 heterocycles. The maximum atomic E-state index is 12.6. The molecule has 0 unspecified atom stereocenters.